The molecule has 2 atom stereocenters. The van der Waals surface area contributed by atoms with Gasteiger partial charge in [-0.3, -0.25) is 9.59 Å². The quantitative estimate of drug-likeness (QED) is 0.471. The van der Waals surface area contributed by atoms with Crippen molar-refractivity contribution in [2.45, 2.75) is 45.1 Å². The third-order valence-electron chi connectivity index (χ3n) is 5.98. The minimum atomic E-state index is -0.852. The number of aryl methyl sites for hydroxylation is 2. The first-order valence-electron chi connectivity index (χ1n) is 11.1. The molecule has 1 aliphatic heterocycles. The lowest BCUT2D eigenvalue weighted by Gasteiger charge is -2.34. The molecule has 2 unspecified atom stereocenters. The molecule has 3 N–H and O–H groups in total. The van der Waals surface area contributed by atoms with Gasteiger partial charge >= 0.3 is 5.97 Å². The van der Waals surface area contributed by atoms with Crippen LogP contribution in [-0.4, -0.2) is 55.2 Å². The van der Waals surface area contributed by atoms with Crippen LogP contribution in [0.4, 0.5) is 11.4 Å². The van der Waals surface area contributed by atoms with Crippen LogP contribution in [-0.2, 0) is 27.9 Å². The van der Waals surface area contributed by atoms with E-state index in [2.05, 4.69) is 15.5 Å². The molecule has 2 heterocycles. The summed E-state index contributed by atoms with van der Waals surface area (Å²) in [6.45, 7) is 5.05. The second kappa shape index (κ2) is 10.8. The van der Waals surface area contributed by atoms with Crippen LogP contribution in [0, 0.1) is 6.92 Å². The van der Waals surface area contributed by atoms with Crippen LogP contribution in [0.25, 0.3) is 0 Å². The molecule has 0 fully saturated rings. The van der Waals surface area contributed by atoms with Crippen LogP contribution in [0.3, 0.4) is 0 Å². The van der Waals surface area contributed by atoms with E-state index in [4.69, 9.17) is 9.47 Å². The van der Waals surface area contributed by atoms with E-state index in [1.165, 1.54) is 0 Å². The van der Waals surface area contributed by atoms with Crippen molar-refractivity contribution in [3.8, 4) is 0 Å². The molecule has 0 saturated heterocycles. The summed E-state index contributed by atoms with van der Waals surface area (Å²) in [7, 11) is 5.09. The normalized spacial score (nSPS) is 16.1. The van der Waals surface area contributed by atoms with Crippen molar-refractivity contribution in [3.63, 3.8) is 0 Å². The number of ether oxygens (including phenoxy) is 2. The summed E-state index contributed by atoms with van der Waals surface area (Å²) in [6, 6.07) is 7.34. The first-order valence-corrected chi connectivity index (χ1v) is 11.1. The second-order valence-corrected chi connectivity index (χ2v) is 8.42. The molecule has 1 aromatic heterocycles. The average Bonchev–Trinajstić information content (AvgIpc) is 3.16. The molecule has 9 heteroatoms. The molecule has 0 spiro atoms. The average molecular weight is 459 g/mol. The monoisotopic (exact) mass is 458 g/mol. The fourth-order valence-corrected chi connectivity index (χ4v) is 4.34. The Balaban J connectivity index is 1.97. The van der Waals surface area contributed by atoms with E-state index in [0.717, 1.165) is 22.5 Å². The fourth-order valence-electron chi connectivity index (χ4n) is 4.34. The van der Waals surface area contributed by atoms with Crippen molar-refractivity contribution in [2.24, 2.45) is 7.05 Å². The number of nitrogens with zero attached hydrogens (tertiary/aromatic N) is 2. The summed E-state index contributed by atoms with van der Waals surface area (Å²) in [4.78, 5) is 25.8. The molecule has 0 aliphatic carbocycles. The highest BCUT2D eigenvalue weighted by molar-refractivity contribution is 5.78. The van der Waals surface area contributed by atoms with Crippen molar-refractivity contribution < 1.29 is 19.4 Å². The third kappa shape index (κ3) is 5.38. The minimum absolute atomic E-state index is 0.0246. The molecule has 0 radical (unpaired) electrons. The number of anilines is 2. The second-order valence-electron chi connectivity index (χ2n) is 8.42. The van der Waals surface area contributed by atoms with Crippen LogP contribution in [0.15, 0.2) is 35.3 Å². The lowest BCUT2D eigenvalue weighted by Crippen LogP contribution is -2.44. The third-order valence-corrected chi connectivity index (χ3v) is 5.98. The van der Waals surface area contributed by atoms with Crippen LogP contribution < -0.4 is 21.1 Å². The van der Waals surface area contributed by atoms with Crippen LogP contribution in [0.2, 0.25) is 0 Å². The Hall–Kier alpha value is -2.88. The first-order chi connectivity index (χ1) is 15.8. The summed E-state index contributed by atoms with van der Waals surface area (Å²) in [5.74, 6) is -0.852. The van der Waals surface area contributed by atoms with Gasteiger partial charge < -0.3 is 34.7 Å². The number of benzene rings is 1. The van der Waals surface area contributed by atoms with Gasteiger partial charge in [0.1, 0.15) is 12.2 Å². The number of carbonyl (C=O) groups is 1. The van der Waals surface area contributed by atoms with Gasteiger partial charge in [-0.1, -0.05) is 13.0 Å². The van der Waals surface area contributed by atoms with Gasteiger partial charge in [0.25, 0.3) is 5.56 Å². The number of aliphatic carboxylic acids is 1. The molecular formula is C24H34N4O5. The molecule has 0 bridgehead atoms. The van der Waals surface area contributed by atoms with E-state index in [9.17, 15) is 14.7 Å². The minimum Gasteiger partial charge on any atom is -0.480 e. The van der Waals surface area contributed by atoms with Gasteiger partial charge in [-0.25, -0.2) is 0 Å². The molecule has 3 rings (SSSR count). The Bertz CT molecular complexity index is 1010. The highest BCUT2D eigenvalue weighted by Gasteiger charge is 2.35. The molecule has 0 saturated carbocycles. The molecule has 1 aliphatic rings. The number of rotatable bonds is 11. The SMILES string of the molecule is CCC(NCc1ccc2c(c1)NC(c1cc(C)c(=O)n(C)c1)N2C(COC)COC)C(=O)O. The number of carboxylic acids is 1. The number of fused-ring (bicyclic) bond motifs is 1. The molecule has 1 aromatic carbocycles. The van der Waals surface area contributed by atoms with E-state index in [1.54, 1.807) is 25.8 Å². The number of carboxylic acid groups (broad SMARTS) is 1. The van der Waals surface area contributed by atoms with Gasteiger partial charge in [0, 0.05) is 45.1 Å². The lowest BCUT2D eigenvalue weighted by atomic mass is 10.1. The van der Waals surface area contributed by atoms with Gasteiger partial charge in [-0.15, -0.1) is 0 Å². The Kier molecular flexibility index (Phi) is 8.12. The van der Waals surface area contributed by atoms with Gasteiger partial charge in [0.05, 0.1) is 30.6 Å². The topological polar surface area (TPSA) is 105 Å². The van der Waals surface area contributed by atoms with Crippen molar-refractivity contribution in [1.82, 2.24) is 9.88 Å². The van der Waals surface area contributed by atoms with Gasteiger partial charge in [-0.2, -0.15) is 0 Å². The summed E-state index contributed by atoms with van der Waals surface area (Å²) in [5, 5.41) is 16.0. The number of methoxy groups -OCH3 is 2. The van der Waals surface area contributed by atoms with E-state index in [0.29, 0.717) is 31.7 Å². The molecule has 0 amide bonds. The molecule has 9 nitrogen and oxygen atoms in total. The first kappa shape index (κ1) is 24.8. The van der Waals surface area contributed by atoms with Crippen molar-refractivity contribution in [1.29, 1.82) is 0 Å². The summed E-state index contributed by atoms with van der Waals surface area (Å²) in [6.07, 6.45) is 2.14. The van der Waals surface area contributed by atoms with E-state index in [-0.39, 0.29) is 17.8 Å². The standard InChI is InChI=1S/C24H34N4O5/c1-6-19(24(30)31)25-11-16-7-8-21-20(10-16)26-22(28(21)18(13-32-4)14-33-5)17-9-15(2)23(29)27(3)12-17/h7-10,12,18-19,22,25-26H,6,11,13-14H2,1-5H3,(H,30,31). The zero-order valence-corrected chi connectivity index (χ0v) is 19.9. The Morgan fingerprint density at radius 2 is 1.94 bits per heavy atom. The number of pyridine rings is 1. The number of hydrogen-bond acceptors (Lipinski definition) is 7. The number of nitrogens with one attached hydrogen (secondary N) is 2. The highest BCUT2D eigenvalue weighted by Crippen LogP contribution is 2.43. The van der Waals surface area contributed by atoms with E-state index >= 15 is 0 Å². The highest BCUT2D eigenvalue weighted by atomic mass is 16.5. The zero-order chi connectivity index (χ0) is 24.1. The van der Waals surface area contributed by atoms with Gasteiger partial charge in [0.15, 0.2) is 0 Å². The van der Waals surface area contributed by atoms with Crippen molar-refractivity contribution >= 4 is 17.3 Å². The molecule has 2 aromatic rings. The van der Waals surface area contributed by atoms with Gasteiger partial charge in [-0.05, 0) is 37.1 Å². The predicted molar refractivity (Wildman–Crippen MR) is 128 cm³/mol. The molecule has 180 valence electrons. The molecular weight excluding hydrogens is 424 g/mol. The van der Waals surface area contributed by atoms with E-state index in [1.807, 2.05) is 44.3 Å². The Morgan fingerprint density at radius 3 is 2.52 bits per heavy atom. The summed E-state index contributed by atoms with van der Waals surface area (Å²) in [5.41, 5.74) is 4.52. The predicted octanol–water partition coefficient (Wildman–Crippen LogP) is 2.24. The van der Waals surface area contributed by atoms with Gasteiger partial charge in [0.2, 0.25) is 0 Å². The smallest absolute Gasteiger partial charge is 0.320 e. The van der Waals surface area contributed by atoms with Crippen molar-refractivity contribution in [3.05, 3.63) is 57.5 Å². The largest absolute Gasteiger partial charge is 0.480 e. The number of hydrogen-bond donors (Lipinski definition) is 3. The van der Waals surface area contributed by atoms with Crippen LogP contribution >= 0.6 is 0 Å². The molecule has 33 heavy (non-hydrogen) atoms. The van der Waals surface area contributed by atoms with Crippen LogP contribution in [0.1, 0.15) is 36.2 Å². The zero-order valence-electron chi connectivity index (χ0n) is 19.9. The summed E-state index contributed by atoms with van der Waals surface area (Å²) >= 11 is 0. The summed E-state index contributed by atoms with van der Waals surface area (Å²) < 4.78 is 12.6. The van der Waals surface area contributed by atoms with Crippen molar-refractivity contribution in [2.75, 3.05) is 37.7 Å². The maximum absolute atomic E-state index is 12.3. The van der Waals surface area contributed by atoms with Crippen LogP contribution in [0.5, 0.6) is 0 Å². The Labute approximate surface area is 194 Å². The lowest BCUT2D eigenvalue weighted by molar-refractivity contribution is -0.139. The maximum Gasteiger partial charge on any atom is 0.320 e. The fraction of sp³-hybridized carbons (Fsp3) is 0.500. The maximum atomic E-state index is 12.3. The Morgan fingerprint density at radius 1 is 1.24 bits per heavy atom. The van der Waals surface area contributed by atoms with E-state index < -0.39 is 12.0 Å². The number of aromatic nitrogens is 1.